The first-order chi connectivity index (χ1) is 22.1. The van der Waals surface area contributed by atoms with Crippen LogP contribution in [-0.2, 0) is 9.59 Å². The molecule has 47 heavy (non-hydrogen) atoms. The van der Waals surface area contributed by atoms with E-state index in [0.29, 0.717) is 23.2 Å². The summed E-state index contributed by atoms with van der Waals surface area (Å²) in [7, 11) is 0. The molecule has 4 atom stereocenters. The predicted octanol–water partition coefficient (Wildman–Crippen LogP) is 4.41. The smallest absolute Gasteiger partial charge is 0.315 e. The lowest BCUT2D eigenvalue weighted by Gasteiger charge is -2.36. The molecule has 5 rings (SSSR count). The standard InChI is InChI=1S/C33H46ClN7O6/c1-32(2,3)26(37-31(45)39-33(4,5)6)30(44)41-17-21(46-24-13-12-20(34)16-35-24)15-23(41)28(43)36-22(14-18-8-7-9-18)25(42)27-38-29(47-40-27)19-10-11-19/h12-13,16,18-19,21-23,26H,7-11,14-15,17H2,1-6H3,(H,36,43)(H2,37,39,45)/t21-,22?,23+,26-/m1/s1. The van der Waals surface area contributed by atoms with Gasteiger partial charge in [0.15, 0.2) is 0 Å². The molecule has 0 spiro atoms. The number of ketones is 1. The van der Waals surface area contributed by atoms with Crippen molar-refractivity contribution in [3.8, 4) is 5.88 Å². The van der Waals surface area contributed by atoms with E-state index in [-0.39, 0.29) is 30.6 Å². The SMILES string of the molecule is CC(C)(C)NC(=O)N[C@H](C(=O)N1C[C@H](Oc2ccc(Cl)cn2)C[C@H]1C(=O)NC(CC1CCC1)C(=O)c1noc(C2CC2)n1)C(C)(C)C. The number of carbonyl (C=O) groups is 4. The molecule has 1 unspecified atom stereocenters. The summed E-state index contributed by atoms with van der Waals surface area (Å²) in [6.07, 6.45) is 6.33. The van der Waals surface area contributed by atoms with Gasteiger partial charge in [0, 0.05) is 30.1 Å². The highest BCUT2D eigenvalue weighted by Gasteiger charge is 2.47. The Morgan fingerprint density at radius 2 is 1.79 bits per heavy atom. The van der Waals surface area contributed by atoms with Crippen LogP contribution in [0.4, 0.5) is 4.79 Å². The van der Waals surface area contributed by atoms with Crippen molar-refractivity contribution in [1.29, 1.82) is 0 Å². The molecule has 0 radical (unpaired) electrons. The van der Waals surface area contributed by atoms with Crippen LogP contribution in [0, 0.1) is 11.3 Å². The van der Waals surface area contributed by atoms with E-state index in [4.69, 9.17) is 20.9 Å². The van der Waals surface area contributed by atoms with Gasteiger partial charge >= 0.3 is 6.03 Å². The number of rotatable bonds is 11. The molecule has 4 amide bonds. The lowest BCUT2D eigenvalue weighted by Crippen LogP contribution is -2.61. The number of amides is 4. The van der Waals surface area contributed by atoms with E-state index in [1.807, 2.05) is 41.5 Å². The zero-order chi connectivity index (χ0) is 34.1. The van der Waals surface area contributed by atoms with E-state index >= 15 is 0 Å². The van der Waals surface area contributed by atoms with Crippen LogP contribution in [0.3, 0.4) is 0 Å². The molecule has 3 N–H and O–H groups in total. The second kappa shape index (κ2) is 13.8. The Morgan fingerprint density at radius 3 is 2.36 bits per heavy atom. The van der Waals surface area contributed by atoms with Crippen LogP contribution < -0.4 is 20.7 Å². The Morgan fingerprint density at radius 1 is 1.06 bits per heavy atom. The molecule has 2 saturated carbocycles. The van der Waals surface area contributed by atoms with E-state index in [1.165, 1.54) is 11.1 Å². The second-order valence-corrected chi connectivity index (χ2v) is 15.6. The Labute approximate surface area is 280 Å². The van der Waals surface area contributed by atoms with Gasteiger partial charge in [-0.05, 0) is 57.4 Å². The van der Waals surface area contributed by atoms with Gasteiger partial charge in [-0.15, -0.1) is 0 Å². The predicted molar refractivity (Wildman–Crippen MR) is 173 cm³/mol. The molecule has 2 aromatic heterocycles. The number of halogens is 1. The molecule has 256 valence electrons. The minimum absolute atomic E-state index is 0.0484. The molecule has 3 heterocycles. The number of likely N-dealkylation sites (tertiary alicyclic amines) is 1. The molecule has 3 fully saturated rings. The first-order valence-corrected chi connectivity index (χ1v) is 16.8. The van der Waals surface area contributed by atoms with Gasteiger partial charge in [0.1, 0.15) is 18.2 Å². The summed E-state index contributed by atoms with van der Waals surface area (Å²) in [5.74, 6) is -0.191. The van der Waals surface area contributed by atoms with Crippen molar-refractivity contribution in [3.63, 3.8) is 0 Å². The fourth-order valence-electron chi connectivity index (χ4n) is 5.85. The molecular formula is C33H46ClN7O6. The van der Waals surface area contributed by atoms with Gasteiger partial charge < -0.3 is 30.1 Å². The first kappa shape index (κ1) is 34.6. The Hall–Kier alpha value is -3.74. The summed E-state index contributed by atoms with van der Waals surface area (Å²) in [4.78, 5) is 65.1. The molecule has 0 bridgehead atoms. The highest BCUT2D eigenvalue weighted by Crippen LogP contribution is 2.39. The summed E-state index contributed by atoms with van der Waals surface area (Å²) < 4.78 is 11.4. The largest absolute Gasteiger partial charge is 0.472 e. The van der Waals surface area contributed by atoms with Gasteiger partial charge in [0.25, 0.3) is 0 Å². The molecule has 0 aromatic carbocycles. The third kappa shape index (κ3) is 9.00. The van der Waals surface area contributed by atoms with E-state index in [9.17, 15) is 19.2 Å². The van der Waals surface area contributed by atoms with Gasteiger partial charge in [-0.1, -0.05) is 56.8 Å². The van der Waals surface area contributed by atoms with Crippen LogP contribution in [0.1, 0.15) is 109 Å². The van der Waals surface area contributed by atoms with E-state index in [0.717, 1.165) is 32.1 Å². The van der Waals surface area contributed by atoms with Crippen LogP contribution in [0.25, 0.3) is 0 Å². The number of hydrogen-bond donors (Lipinski definition) is 3. The van der Waals surface area contributed by atoms with Crippen molar-refractivity contribution < 1.29 is 28.4 Å². The fourth-order valence-corrected chi connectivity index (χ4v) is 5.96. The molecule has 13 nitrogen and oxygen atoms in total. The number of nitrogens with one attached hydrogen (secondary N) is 3. The number of nitrogens with zero attached hydrogens (tertiary/aromatic N) is 4. The minimum atomic E-state index is -0.985. The average molecular weight is 672 g/mol. The summed E-state index contributed by atoms with van der Waals surface area (Å²) >= 11 is 6.00. The number of Topliss-reactive ketones (excluding diaryl/α,β-unsaturated/α-hetero) is 1. The molecule has 1 aliphatic heterocycles. The fraction of sp³-hybridized carbons (Fsp3) is 0.667. The van der Waals surface area contributed by atoms with Gasteiger partial charge in [-0.3, -0.25) is 14.4 Å². The van der Waals surface area contributed by atoms with Crippen molar-refractivity contribution >= 4 is 35.2 Å². The maximum absolute atomic E-state index is 14.3. The van der Waals surface area contributed by atoms with Crippen molar-refractivity contribution in [2.45, 2.75) is 122 Å². The average Bonchev–Trinajstić information content (AvgIpc) is 3.53. The third-order valence-corrected chi connectivity index (χ3v) is 8.95. The number of pyridine rings is 1. The van der Waals surface area contributed by atoms with Crippen molar-refractivity contribution in [2.75, 3.05) is 6.54 Å². The summed E-state index contributed by atoms with van der Waals surface area (Å²) in [5, 5.41) is 13.0. The Balaban J connectivity index is 1.38. The molecule has 2 aliphatic carbocycles. The molecule has 3 aliphatic rings. The summed E-state index contributed by atoms with van der Waals surface area (Å²) in [6.45, 7) is 11.1. The molecule has 1 saturated heterocycles. The zero-order valence-corrected chi connectivity index (χ0v) is 28.7. The quantitative estimate of drug-likeness (QED) is 0.293. The molecular weight excluding hydrogens is 626 g/mol. The minimum Gasteiger partial charge on any atom is -0.472 e. The normalized spacial score (nSPS) is 21.4. The number of hydrogen-bond acceptors (Lipinski definition) is 9. The zero-order valence-electron chi connectivity index (χ0n) is 28.0. The van der Waals surface area contributed by atoms with Crippen LogP contribution in [-0.4, -0.2) is 80.0 Å². The number of aromatic nitrogens is 3. The summed E-state index contributed by atoms with van der Waals surface area (Å²) in [6, 6.07) is -0.0850. The van der Waals surface area contributed by atoms with Crippen LogP contribution >= 0.6 is 11.6 Å². The van der Waals surface area contributed by atoms with E-state index in [2.05, 4.69) is 31.1 Å². The van der Waals surface area contributed by atoms with Gasteiger partial charge in [-0.2, -0.15) is 4.98 Å². The highest BCUT2D eigenvalue weighted by molar-refractivity contribution is 6.30. The maximum atomic E-state index is 14.3. The van der Waals surface area contributed by atoms with Crippen molar-refractivity contribution in [3.05, 3.63) is 35.1 Å². The van der Waals surface area contributed by atoms with Gasteiger partial charge in [0.05, 0.1) is 17.6 Å². The monoisotopic (exact) mass is 671 g/mol. The van der Waals surface area contributed by atoms with Gasteiger partial charge in [-0.25, -0.2) is 9.78 Å². The van der Waals surface area contributed by atoms with Crippen molar-refractivity contribution in [2.24, 2.45) is 11.3 Å². The summed E-state index contributed by atoms with van der Waals surface area (Å²) in [5.41, 5.74) is -1.24. The second-order valence-electron chi connectivity index (χ2n) is 15.1. The van der Waals surface area contributed by atoms with Crippen LogP contribution in [0.15, 0.2) is 22.9 Å². The Kier molecular flexibility index (Phi) is 10.1. The molecule has 2 aromatic rings. The molecule has 14 heteroatoms. The number of urea groups is 1. The van der Waals surface area contributed by atoms with E-state index in [1.54, 1.807) is 12.1 Å². The third-order valence-electron chi connectivity index (χ3n) is 8.73. The van der Waals surface area contributed by atoms with Crippen LogP contribution in [0.2, 0.25) is 5.02 Å². The topological polar surface area (TPSA) is 169 Å². The Bertz CT molecular complexity index is 1460. The first-order valence-electron chi connectivity index (χ1n) is 16.4. The van der Waals surface area contributed by atoms with Crippen LogP contribution in [0.5, 0.6) is 5.88 Å². The van der Waals surface area contributed by atoms with E-state index < -0.39 is 58.8 Å². The van der Waals surface area contributed by atoms with Crippen molar-refractivity contribution in [1.82, 2.24) is 36.0 Å². The van der Waals surface area contributed by atoms with Gasteiger partial charge in [0.2, 0.25) is 35.2 Å². The maximum Gasteiger partial charge on any atom is 0.315 e. The highest BCUT2D eigenvalue weighted by atomic mass is 35.5. The lowest BCUT2D eigenvalue weighted by atomic mass is 9.80. The number of carbonyl (C=O) groups excluding carboxylic acids is 4. The lowest BCUT2D eigenvalue weighted by molar-refractivity contribution is -0.142. The number of ether oxygens (including phenoxy) is 1.